The predicted octanol–water partition coefficient (Wildman–Crippen LogP) is 2.67. The van der Waals surface area contributed by atoms with Gasteiger partial charge in [0.2, 0.25) is 5.91 Å². The molecule has 10 heteroatoms. The van der Waals surface area contributed by atoms with Crippen LogP contribution in [0.3, 0.4) is 0 Å². The number of carbonyl (C=O) groups excluding carboxylic acids is 2. The van der Waals surface area contributed by atoms with Gasteiger partial charge >= 0.3 is 0 Å². The second kappa shape index (κ2) is 10.4. The van der Waals surface area contributed by atoms with Gasteiger partial charge in [0.1, 0.15) is 0 Å². The lowest BCUT2D eigenvalue weighted by Gasteiger charge is -2.14. The van der Waals surface area contributed by atoms with Gasteiger partial charge in [0, 0.05) is 36.3 Å². The van der Waals surface area contributed by atoms with E-state index in [1.54, 1.807) is 24.3 Å². The molecule has 0 spiro atoms. The monoisotopic (exact) mass is 439 g/mol. The van der Waals surface area contributed by atoms with E-state index in [0.29, 0.717) is 29.2 Å². The number of anilines is 1. The summed E-state index contributed by atoms with van der Waals surface area (Å²) < 4.78 is 25.0. The van der Waals surface area contributed by atoms with Crippen molar-refractivity contribution in [2.24, 2.45) is 0 Å². The van der Waals surface area contributed by atoms with Crippen LogP contribution in [0.5, 0.6) is 0 Å². The molecule has 0 aliphatic heterocycles. The number of rotatable bonds is 9. The molecule has 8 nitrogen and oxygen atoms in total. The zero-order valence-corrected chi connectivity index (χ0v) is 17.6. The summed E-state index contributed by atoms with van der Waals surface area (Å²) >= 11 is 5.78. The van der Waals surface area contributed by atoms with Crippen LogP contribution in [0.15, 0.2) is 53.4 Å². The number of amides is 2. The van der Waals surface area contributed by atoms with Gasteiger partial charge in [-0.25, -0.2) is 8.42 Å². The average Bonchev–Trinajstić information content (AvgIpc) is 2.71. The molecule has 0 heterocycles. The first-order valence-electron chi connectivity index (χ1n) is 8.71. The summed E-state index contributed by atoms with van der Waals surface area (Å²) in [4.78, 5) is 28.7. The van der Waals surface area contributed by atoms with E-state index in [-0.39, 0.29) is 23.1 Å². The smallest absolute Gasteiger partial charge is 0.264 e. The largest absolute Gasteiger partial charge is 0.352 e. The van der Waals surface area contributed by atoms with Crippen molar-refractivity contribution >= 4 is 39.1 Å². The first-order chi connectivity index (χ1) is 13.7. The third-order valence-electron chi connectivity index (χ3n) is 4.00. The lowest BCUT2D eigenvalue weighted by atomic mass is 10.2. The standard InChI is InChI=1S/C19H22ClN3O5S/c1-23(28-2)29(26,27)17-11-9-16(10-12-17)22-18(24)4-3-13-21-19(25)14-5-7-15(20)8-6-14/h5-12H,3-4,13H2,1-2H3,(H,21,25)(H,22,24). The van der Waals surface area contributed by atoms with Gasteiger partial charge in [-0.1, -0.05) is 16.1 Å². The third kappa shape index (κ3) is 6.53. The molecular formula is C19H22ClN3O5S. The molecule has 0 unspecified atom stereocenters. The van der Waals surface area contributed by atoms with Crippen LogP contribution in [0.25, 0.3) is 0 Å². The Hall–Kier alpha value is -2.46. The van der Waals surface area contributed by atoms with E-state index >= 15 is 0 Å². The van der Waals surface area contributed by atoms with Gasteiger partial charge < -0.3 is 10.6 Å². The van der Waals surface area contributed by atoms with Gasteiger partial charge in [-0.05, 0) is 55.0 Å². The number of hydroxylamine groups is 1. The Morgan fingerprint density at radius 2 is 1.69 bits per heavy atom. The summed E-state index contributed by atoms with van der Waals surface area (Å²) in [5.74, 6) is -0.477. The highest BCUT2D eigenvalue weighted by atomic mass is 35.5. The number of nitrogens with zero attached hydrogens (tertiary/aromatic N) is 1. The molecule has 0 atom stereocenters. The summed E-state index contributed by atoms with van der Waals surface area (Å²) in [6.07, 6.45) is 0.656. The maximum atomic E-state index is 12.1. The summed E-state index contributed by atoms with van der Waals surface area (Å²) in [6.45, 7) is 0.343. The molecule has 2 amide bonds. The quantitative estimate of drug-likeness (QED) is 0.461. The fourth-order valence-electron chi connectivity index (χ4n) is 2.33. The molecule has 156 valence electrons. The molecule has 29 heavy (non-hydrogen) atoms. The van der Waals surface area contributed by atoms with E-state index in [1.807, 2.05) is 0 Å². The minimum Gasteiger partial charge on any atom is -0.352 e. The number of carbonyl (C=O) groups is 2. The predicted molar refractivity (Wildman–Crippen MR) is 110 cm³/mol. The van der Waals surface area contributed by atoms with E-state index in [2.05, 4.69) is 10.6 Å². The maximum absolute atomic E-state index is 12.1. The molecule has 2 aromatic rings. The van der Waals surface area contributed by atoms with Crippen molar-refractivity contribution in [1.82, 2.24) is 9.79 Å². The number of hydrogen-bond acceptors (Lipinski definition) is 5. The third-order valence-corrected chi connectivity index (χ3v) is 5.95. The normalized spacial score (nSPS) is 11.3. The van der Waals surface area contributed by atoms with Gasteiger partial charge in [-0.15, -0.1) is 0 Å². The number of nitrogens with one attached hydrogen (secondary N) is 2. The topological polar surface area (TPSA) is 105 Å². The Balaban J connectivity index is 1.78. The van der Waals surface area contributed by atoms with Crippen LogP contribution < -0.4 is 10.6 Å². The van der Waals surface area contributed by atoms with E-state index < -0.39 is 10.0 Å². The van der Waals surface area contributed by atoms with Crippen molar-refractivity contribution in [3.8, 4) is 0 Å². The van der Waals surface area contributed by atoms with E-state index in [4.69, 9.17) is 16.4 Å². The lowest BCUT2D eigenvalue weighted by Crippen LogP contribution is -2.26. The number of sulfonamides is 1. The van der Waals surface area contributed by atoms with Crippen LogP contribution in [-0.2, 0) is 19.7 Å². The summed E-state index contributed by atoms with van der Waals surface area (Å²) in [7, 11) is -1.19. The van der Waals surface area contributed by atoms with Crippen LogP contribution in [0.2, 0.25) is 5.02 Å². The van der Waals surface area contributed by atoms with Crippen LogP contribution >= 0.6 is 11.6 Å². The van der Waals surface area contributed by atoms with Crippen molar-refractivity contribution in [1.29, 1.82) is 0 Å². The molecule has 0 fully saturated rings. The van der Waals surface area contributed by atoms with E-state index in [1.165, 1.54) is 38.4 Å². The highest BCUT2D eigenvalue weighted by Crippen LogP contribution is 2.17. The van der Waals surface area contributed by atoms with Gasteiger partial charge in [0.15, 0.2) is 0 Å². The molecule has 0 saturated carbocycles. The van der Waals surface area contributed by atoms with Crippen molar-refractivity contribution < 1.29 is 22.8 Å². The number of hydrogen-bond donors (Lipinski definition) is 2. The zero-order valence-electron chi connectivity index (χ0n) is 16.0. The van der Waals surface area contributed by atoms with Crippen LogP contribution in [0.1, 0.15) is 23.2 Å². The summed E-state index contributed by atoms with van der Waals surface area (Å²) in [6, 6.07) is 12.3. The van der Waals surface area contributed by atoms with Gasteiger partial charge in [0.05, 0.1) is 12.0 Å². The molecule has 2 aromatic carbocycles. The lowest BCUT2D eigenvalue weighted by molar-refractivity contribution is -0.116. The number of halogens is 1. The summed E-state index contributed by atoms with van der Waals surface area (Å²) in [5.41, 5.74) is 0.965. The molecule has 0 aliphatic rings. The molecule has 2 N–H and O–H groups in total. The Kier molecular flexibility index (Phi) is 8.15. The molecular weight excluding hydrogens is 418 g/mol. The van der Waals surface area contributed by atoms with Gasteiger partial charge in [-0.3, -0.25) is 14.4 Å². The fourth-order valence-corrected chi connectivity index (χ4v) is 3.43. The Labute approximate surface area is 174 Å². The average molecular weight is 440 g/mol. The van der Waals surface area contributed by atoms with Crippen molar-refractivity contribution in [2.45, 2.75) is 17.7 Å². The Morgan fingerprint density at radius 1 is 1.07 bits per heavy atom. The van der Waals surface area contributed by atoms with Crippen LogP contribution in [0.4, 0.5) is 5.69 Å². The molecule has 0 saturated heterocycles. The molecule has 0 bridgehead atoms. The van der Waals surface area contributed by atoms with Gasteiger partial charge in [0.25, 0.3) is 15.9 Å². The highest BCUT2D eigenvalue weighted by molar-refractivity contribution is 7.89. The second-order valence-electron chi connectivity index (χ2n) is 6.04. The zero-order chi connectivity index (χ0) is 21.4. The first-order valence-corrected chi connectivity index (χ1v) is 10.5. The molecule has 2 rings (SSSR count). The second-order valence-corrected chi connectivity index (χ2v) is 8.41. The van der Waals surface area contributed by atoms with Crippen molar-refractivity contribution in [2.75, 3.05) is 26.0 Å². The number of benzene rings is 2. The molecule has 0 radical (unpaired) electrons. The minimum absolute atomic E-state index is 0.0461. The van der Waals surface area contributed by atoms with Gasteiger partial charge in [-0.2, -0.15) is 0 Å². The van der Waals surface area contributed by atoms with E-state index in [0.717, 1.165) is 4.47 Å². The molecule has 0 aromatic heterocycles. The fraction of sp³-hybridized carbons (Fsp3) is 0.263. The van der Waals surface area contributed by atoms with Crippen LogP contribution in [0, 0.1) is 0 Å². The first kappa shape index (κ1) is 22.8. The van der Waals surface area contributed by atoms with Crippen molar-refractivity contribution in [3.63, 3.8) is 0 Å². The summed E-state index contributed by atoms with van der Waals surface area (Å²) in [5, 5.41) is 5.97. The highest BCUT2D eigenvalue weighted by Gasteiger charge is 2.20. The molecule has 0 aliphatic carbocycles. The SMILES string of the molecule is CON(C)S(=O)(=O)c1ccc(NC(=O)CCCNC(=O)c2ccc(Cl)cc2)cc1. The van der Waals surface area contributed by atoms with E-state index in [9.17, 15) is 18.0 Å². The Bertz CT molecular complexity index is 947. The minimum atomic E-state index is -3.73. The van der Waals surface area contributed by atoms with Crippen molar-refractivity contribution in [3.05, 3.63) is 59.1 Å². The van der Waals surface area contributed by atoms with Crippen LogP contribution in [-0.4, -0.2) is 45.4 Å². The Morgan fingerprint density at radius 3 is 2.28 bits per heavy atom. The maximum Gasteiger partial charge on any atom is 0.264 e.